The van der Waals surface area contributed by atoms with Crippen LogP contribution in [0.2, 0.25) is 0 Å². The van der Waals surface area contributed by atoms with Crippen LogP contribution in [0.1, 0.15) is 27.2 Å². The smallest absolute Gasteiger partial charge is 0.396 e. The molecule has 2 aliphatic rings. The van der Waals surface area contributed by atoms with Gasteiger partial charge in [0.25, 0.3) is 5.91 Å². The van der Waals surface area contributed by atoms with Crippen molar-refractivity contribution in [1.82, 2.24) is 20.1 Å². The van der Waals surface area contributed by atoms with Gasteiger partial charge in [0.15, 0.2) is 5.13 Å². The van der Waals surface area contributed by atoms with Crippen LogP contribution >= 0.6 is 11.3 Å². The maximum absolute atomic E-state index is 13.8. The summed E-state index contributed by atoms with van der Waals surface area (Å²) < 4.78 is 46.6. The first-order valence-electron chi connectivity index (χ1n) is 13.7. The maximum atomic E-state index is 13.8. The number of benzene rings is 1. The first-order chi connectivity index (χ1) is 20.5. The number of amides is 1. The van der Waals surface area contributed by atoms with Gasteiger partial charge in [-0.25, -0.2) is 10.8 Å². The molecule has 4 rings (SSSR count). The second kappa shape index (κ2) is 14.1. The minimum absolute atomic E-state index is 0.0595. The third-order valence-corrected chi connectivity index (χ3v) is 8.23. The number of hydrogen-bond donors (Lipinski definition) is 4. The van der Waals surface area contributed by atoms with Crippen LogP contribution in [0.3, 0.4) is 0 Å². The van der Waals surface area contributed by atoms with Gasteiger partial charge in [0, 0.05) is 81.8 Å². The number of nitrogens with zero attached hydrogens (tertiary/aromatic N) is 4. The number of methoxy groups -OCH3 is 1. The Hall–Kier alpha value is -3.85. The molecule has 1 aliphatic heterocycles. The number of aryl methyl sites for hydroxylation is 1. The topological polar surface area (TPSA) is 125 Å². The molecule has 0 unspecified atom stereocenters. The van der Waals surface area contributed by atoms with Gasteiger partial charge in [-0.05, 0) is 43.2 Å². The van der Waals surface area contributed by atoms with Crippen LogP contribution in [0, 0.1) is 6.92 Å². The first kappa shape index (κ1) is 32.1. The molecule has 0 bridgehead atoms. The number of ether oxygens (including phenoxy) is 1. The van der Waals surface area contributed by atoms with Crippen LogP contribution < -0.4 is 27.2 Å². The van der Waals surface area contributed by atoms with E-state index in [0.29, 0.717) is 46.8 Å². The van der Waals surface area contributed by atoms with Crippen LogP contribution in [-0.2, 0) is 4.74 Å². The van der Waals surface area contributed by atoms with E-state index in [1.807, 2.05) is 11.8 Å². The minimum atomic E-state index is -4.54. The molecule has 2 aromatic rings. The second-order valence-corrected chi connectivity index (χ2v) is 11.2. The van der Waals surface area contributed by atoms with Gasteiger partial charge < -0.3 is 26.0 Å². The molecule has 14 heteroatoms. The normalized spacial score (nSPS) is 16.7. The maximum Gasteiger partial charge on any atom is 0.413 e. The number of rotatable bonds is 10. The lowest BCUT2D eigenvalue weighted by Gasteiger charge is -2.36. The molecule has 1 aliphatic carbocycles. The van der Waals surface area contributed by atoms with E-state index in [4.69, 9.17) is 16.3 Å². The summed E-state index contributed by atoms with van der Waals surface area (Å²) in [4.78, 5) is 22.5. The van der Waals surface area contributed by atoms with Crippen molar-refractivity contribution in [2.45, 2.75) is 19.5 Å². The summed E-state index contributed by atoms with van der Waals surface area (Å²) in [5.74, 6) is 5.73. The van der Waals surface area contributed by atoms with E-state index < -0.39 is 17.7 Å². The van der Waals surface area contributed by atoms with Crippen LogP contribution in [0.4, 0.5) is 24.0 Å². The Bertz CT molecular complexity index is 1420. The molecule has 43 heavy (non-hydrogen) atoms. The zero-order chi connectivity index (χ0) is 31.1. The molecular formula is C29H37F3N8O2S. The van der Waals surface area contributed by atoms with E-state index in [2.05, 4.69) is 20.5 Å². The van der Waals surface area contributed by atoms with Gasteiger partial charge in [0.2, 0.25) is 0 Å². The molecule has 0 atom stereocenters. The molecule has 0 saturated carbocycles. The van der Waals surface area contributed by atoms with Gasteiger partial charge in [-0.15, -0.1) is 0 Å². The van der Waals surface area contributed by atoms with Crippen LogP contribution in [0.25, 0.3) is 5.70 Å². The fraction of sp³-hybridized carbons (Fsp3) is 0.379. The number of carbonyl (C=O) groups is 1. The van der Waals surface area contributed by atoms with Crippen molar-refractivity contribution < 1.29 is 22.7 Å². The number of halogens is 3. The minimum Gasteiger partial charge on any atom is -0.396 e. The van der Waals surface area contributed by atoms with Crippen molar-refractivity contribution in [3.8, 4) is 0 Å². The van der Waals surface area contributed by atoms with E-state index >= 15 is 0 Å². The molecule has 1 saturated heterocycles. The first-order valence-corrected chi connectivity index (χ1v) is 14.5. The standard InChI is InChI=1S/C29H37F3N8O2S/c1-19-4-5-20(14-25(19)40(34)18-24(33)26-17-36-28(35-2)43-26)27(41)37-22-15-21(29(30,31)32)6-7-23(16-22)39-10-8-38(9-11-39)12-13-42-3/h4-5,7,14-18H,6,8-13,33-34H2,1-3H3,(H,35,36)(H,37,41)/b24-18-. The SMILES string of the molecule is CNc1ncc(/C(N)=C/N(N)c2cc(C(=O)NC3=CC(N4CCN(CCOC)CC4)=CCC(C(F)(F)F)=C3)ccc2C)s1. The van der Waals surface area contributed by atoms with Gasteiger partial charge >= 0.3 is 6.18 Å². The summed E-state index contributed by atoms with van der Waals surface area (Å²) in [5, 5.41) is 7.63. The Morgan fingerprint density at radius 2 is 1.98 bits per heavy atom. The molecule has 1 aromatic carbocycles. The Morgan fingerprint density at radius 3 is 2.63 bits per heavy atom. The fourth-order valence-corrected chi connectivity index (χ4v) is 5.39. The number of nitrogens with one attached hydrogen (secondary N) is 2. The van der Waals surface area contributed by atoms with E-state index in [1.54, 1.807) is 50.7 Å². The summed E-state index contributed by atoms with van der Waals surface area (Å²) in [6.07, 6.45) is 2.49. The summed E-state index contributed by atoms with van der Waals surface area (Å²) in [6.45, 7) is 6.06. The third kappa shape index (κ3) is 8.38. The van der Waals surface area contributed by atoms with Crippen LogP contribution in [-0.4, -0.2) is 80.4 Å². The Balaban J connectivity index is 1.54. The predicted molar refractivity (Wildman–Crippen MR) is 164 cm³/mol. The molecule has 0 spiro atoms. The van der Waals surface area contributed by atoms with E-state index in [1.165, 1.54) is 22.5 Å². The number of hydrogen-bond acceptors (Lipinski definition) is 10. The monoisotopic (exact) mass is 618 g/mol. The van der Waals surface area contributed by atoms with Crippen molar-refractivity contribution >= 4 is 33.8 Å². The average molecular weight is 619 g/mol. The van der Waals surface area contributed by atoms with Crippen molar-refractivity contribution in [3.05, 3.63) is 81.8 Å². The predicted octanol–water partition coefficient (Wildman–Crippen LogP) is 3.78. The number of hydrazine groups is 1. The van der Waals surface area contributed by atoms with Gasteiger partial charge in [-0.3, -0.25) is 14.7 Å². The Kier molecular flexibility index (Phi) is 10.5. The lowest BCUT2D eigenvalue weighted by atomic mass is 10.1. The molecule has 1 amide bonds. The quantitative estimate of drug-likeness (QED) is 0.233. The molecule has 1 aromatic heterocycles. The molecule has 2 heterocycles. The number of carbonyl (C=O) groups excluding carboxylic acids is 1. The zero-order valence-corrected chi connectivity index (χ0v) is 25.2. The number of alkyl halides is 3. The summed E-state index contributed by atoms with van der Waals surface area (Å²) in [6, 6.07) is 4.88. The Labute approximate surface area is 253 Å². The average Bonchev–Trinajstić information content (AvgIpc) is 3.36. The van der Waals surface area contributed by atoms with Crippen molar-refractivity contribution in [2.75, 3.05) is 63.8 Å². The van der Waals surface area contributed by atoms with E-state index in [9.17, 15) is 18.0 Å². The Morgan fingerprint density at radius 1 is 1.23 bits per heavy atom. The largest absolute Gasteiger partial charge is 0.413 e. The fourth-order valence-electron chi connectivity index (χ4n) is 4.70. The number of allylic oxidation sites excluding steroid dienone is 4. The number of nitrogens with two attached hydrogens (primary N) is 2. The second-order valence-electron chi connectivity index (χ2n) is 10.1. The van der Waals surface area contributed by atoms with E-state index in [0.717, 1.165) is 31.3 Å². The molecule has 0 radical (unpaired) electrons. The number of piperazine rings is 1. The third-order valence-electron chi connectivity index (χ3n) is 7.17. The summed E-state index contributed by atoms with van der Waals surface area (Å²) in [5.41, 5.74) is 8.05. The van der Waals surface area contributed by atoms with Crippen LogP contribution in [0.5, 0.6) is 0 Å². The summed E-state index contributed by atoms with van der Waals surface area (Å²) in [7, 11) is 3.41. The van der Waals surface area contributed by atoms with Crippen molar-refractivity contribution in [1.29, 1.82) is 0 Å². The number of thiazole rings is 1. The van der Waals surface area contributed by atoms with Gasteiger partial charge in [0.05, 0.1) is 22.9 Å². The lowest BCUT2D eigenvalue weighted by molar-refractivity contribution is -0.0929. The van der Waals surface area contributed by atoms with Crippen LogP contribution in [0.15, 0.2) is 65.8 Å². The van der Waals surface area contributed by atoms with E-state index in [-0.39, 0.29) is 17.7 Å². The number of anilines is 2. The van der Waals surface area contributed by atoms with Crippen molar-refractivity contribution in [3.63, 3.8) is 0 Å². The molecule has 6 N–H and O–H groups in total. The van der Waals surface area contributed by atoms with Gasteiger partial charge in [-0.2, -0.15) is 13.2 Å². The number of aromatic nitrogens is 1. The molecule has 1 fully saturated rings. The lowest BCUT2D eigenvalue weighted by Crippen LogP contribution is -2.46. The van der Waals surface area contributed by atoms with Crippen molar-refractivity contribution in [2.24, 2.45) is 11.6 Å². The van der Waals surface area contributed by atoms with Gasteiger partial charge in [0.1, 0.15) is 0 Å². The molecule has 10 nitrogen and oxygen atoms in total. The van der Waals surface area contributed by atoms with Gasteiger partial charge in [-0.1, -0.05) is 23.5 Å². The molecular weight excluding hydrogens is 581 g/mol. The zero-order valence-electron chi connectivity index (χ0n) is 24.4. The highest BCUT2D eigenvalue weighted by molar-refractivity contribution is 7.16. The molecule has 232 valence electrons. The highest BCUT2D eigenvalue weighted by Gasteiger charge is 2.34. The highest BCUT2D eigenvalue weighted by Crippen LogP contribution is 2.32. The summed E-state index contributed by atoms with van der Waals surface area (Å²) >= 11 is 1.36. The highest BCUT2D eigenvalue weighted by atomic mass is 32.1.